The van der Waals surface area contributed by atoms with Crippen LogP contribution in [-0.4, -0.2) is 49.9 Å². The lowest BCUT2D eigenvalue weighted by Gasteiger charge is -2.36. The van der Waals surface area contributed by atoms with E-state index in [0.29, 0.717) is 5.82 Å². The van der Waals surface area contributed by atoms with Crippen LogP contribution in [0, 0.1) is 5.92 Å². The summed E-state index contributed by atoms with van der Waals surface area (Å²) in [6, 6.07) is -0.273. The number of urea groups is 1. The van der Waals surface area contributed by atoms with Crippen LogP contribution in [0.5, 0.6) is 0 Å². The number of nitrogens with zero attached hydrogens (tertiary/aromatic N) is 4. The van der Waals surface area contributed by atoms with Gasteiger partial charge in [-0.05, 0) is 0 Å². The molecule has 2 amide bonds. The summed E-state index contributed by atoms with van der Waals surface area (Å²) in [7, 11) is 1.78. The van der Waals surface area contributed by atoms with Crippen LogP contribution in [0.25, 0.3) is 0 Å². The fraction of sp³-hybridized carbons (Fsp3) is 0.556. The Morgan fingerprint density at radius 1 is 1.59 bits per heavy atom. The SMILES string of the molecule is Cn1cnnc1CNC(=O)N1CC(C(=O)O)C1. The lowest BCUT2D eigenvalue weighted by molar-refractivity contribution is -0.146. The number of carboxylic acid groups (broad SMARTS) is 1. The van der Waals surface area contributed by atoms with Crippen molar-refractivity contribution in [1.29, 1.82) is 0 Å². The molecule has 8 nitrogen and oxygen atoms in total. The van der Waals surface area contributed by atoms with Crippen LogP contribution in [0.2, 0.25) is 0 Å². The van der Waals surface area contributed by atoms with Gasteiger partial charge in [-0.1, -0.05) is 0 Å². The number of amides is 2. The second kappa shape index (κ2) is 4.40. The van der Waals surface area contributed by atoms with Crippen molar-refractivity contribution < 1.29 is 14.7 Å². The van der Waals surface area contributed by atoms with E-state index in [0.717, 1.165) is 0 Å². The average Bonchev–Trinajstić information content (AvgIpc) is 2.58. The van der Waals surface area contributed by atoms with E-state index in [2.05, 4.69) is 15.5 Å². The Morgan fingerprint density at radius 2 is 2.29 bits per heavy atom. The van der Waals surface area contributed by atoms with E-state index in [4.69, 9.17) is 5.11 Å². The molecule has 17 heavy (non-hydrogen) atoms. The summed E-state index contributed by atoms with van der Waals surface area (Å²) < 4.78 is 1.70. The molecule has 2 rings (SSSR count). The van der Waals surface area contributed by atoms with E-state index < -0.39 is 11.9 Å². The van der Waals surface area contributed by atoms with Gasteiger partial charge in [-0.2, -0.15) is 0 Å². The molecule has 0 unspecified atom stereocenters. The summed E-state index contributed by atoms with van der Waals surface area (Å²) in [5.41, 5.74) is 0. The first-order chi connectivity index (χ1) is 8.08. The maximum Gasteiger partial charge on any atom is 0.317 e. The smallest absolute Gasteiger partial charge is 0.317 e. The molecule has 1 aliphatic heterocycles. The van der Waals surface area contributed by atoms with Crippen molar-refractivity contribution in [3.8, 4) is 0 Å². The minimum absolute atomic E-state index is 0.264. The number of carbonyl (C=O) groups excluding carboxylic acids is 1. The molecule has 1 aliphatic rings. The Bertz CT molecular complexity index is 438. The van der Waals surface area contributed by atoms with Gasteiger partial charge in [0, 0.05) is 20.1 Å². The highest BCUT2D eigenvalue weighted by Crippen LogP contribution is 2.15. The van der Waals surface area contributed by atoms with Crippen molar-refractivity contribution in [2.75, 3.05) is 13.1 Å². The van der Waals surface area contributed by atoms with Gasteiger partial charge < -0.3 is 19.9 Å². The van der Waals surface area contributed by atoms with Crippen LogP contribution in [-0.2, 0) is 18.4 Å². The zero-order valence-corrected chi connectivity index (χ0v) is 9.33. The zero-order chi connectivity index (χ0) is 12.4. The van der Waals surface area contributed by atoms with Crippen LogP contribution in [0.4, 0.5) is 4.79 Å². The molecule has 0 radical (unpaired) electrons. The normalized spacial score (nSPS) is 15.5. The first-order valence-electron chi connectivity index (χ1n) is 5.16. The predicted molar refractivity (Wildman–Crippen MR) is 55.9 cm³/mol. The van der Waals surface area contributed by atoms with Gasteiger partial charge in [0.15, 0.2) is 5.82 Å². The number of aliphatic carboxylic acids is 1. The van der Waals surface area contributed by atoms with E-state index in [9.17, 15) is 9.59 Å². The number of carboxylic acids is 1. The quantitative estimate of drug-likeness (QED) is 0.707. The third-order valence-electron chi connectivity index (χ3n) is 2.72. The Morgan fingerprint density at radius 3 is 2.82 bits per heavy atom. The van der Waals surface area contributed by atoms with E-state index in [-0.39, 0.29) is 25.7 Å². The van der Waals surface area contributed by atoms with Crippen molar-refractivity contribution in [3.05, 3.63) is 12.2 Å². The monoisotopic (exact) mass is 239 g/mol. The van der Waals surface area contributed by atoms with E-state index in [1.165, 1.54) is 4.90 Å². The molecule has 0 aliphatic carbocycles. The Balaban J connectivity index is 1.76. The Hall–Kier alpha value is -2.12. The lowest BCUT2D eigenvalue weighted by Crippen LogP contribution is -2.56. The standard InChI is InChI=1S/C9H13N5O3/c1-13-5-11-12-7(13)2-10-9(17)14-3-6(4-14)8(15)16/h5-6H,2-4H2,1H3,(H,10,17)(H,15,16). The number of aromatic nitrogens is 3. The van der Waals surface area contributed by atoms with Crippen molar-refractivity contribution in [2.45, 2.75) is 6.54 Å². The Labute approximate surface area is 97.2 Å². The van der Waals surface area contributed by atoms with Crippen molar-refractivity contribution in [1.82, 2.24) is 25.0 Å². The number of hydrogen-bond acceptors (Lipinski definition) is 4. The number of hydrogen-bond donors (Lipinski definition) is 2. The highest BCUT2D eigenvalue weighted by Gasteiger charge is 2.35. The zero-order valence-electron chi connectivity index (χ0n) is 9.33. The number of likely N-dealkylation sites (tertiary alicyclic amines) is 1. The highest BCUT2D eigenvalue weighted by atomic mass is 16.4. The molecule has 8 heteroatoms. The molecule has 0 spiro atoms. The van der Waals surface area contributed by atoms with Crippen LogP contribution >= 0.6 is 0 Å². The third kappa shape index (κ3) is 2.35. The second-order valence-electron chi connectivity index (χ2n) is 3.96. The molecule has 1 saturated heterocycles. The molecular weight excluding hydrogens is 226 g/mol. The molecule has 2 N–H and O–H groups in total. The molecule has 0 bridgehead atoms. The van der Waals surface area contributed by atoms with Gasteiger partial charge in [0.1, 0.15) is 6.33 Å². The van der Waals surface area contributed by atoms with Gasteiger partial charge in [-0.3, -0.25) is 4.79 Å². The molecular formula is C9H13N5O3. The minimum atomic E-state index is -0.859. The number of nitrogens with one attached hydrogen (secondary N) is 1. The third-order valence-corrected chi connectivity index (χ3v) is 2.72. The van der Waals surface area contributed by atoms with E-state index >= 15 is 0 Å². The summed E-state index contributed by atoms with van der Waals surface area (Å²) in [6.45, 7) is 0.809. The van der Waals surface area contributed by atoms with Gasteiger partial charge in [0.2, 0.25) is 0 Å². The average molecular weight is 239 g/mol. The highest BCUT2D eigenvalue weighted by molar-refractivity contribution is 5.79. The van der Waals surface area contributed by atoms with Gasteiger partial charge in [0.25, 0.3) is 0 Å². The maximum atomic E-state index is 11.6. The first-order valence-corrected chi connectivity index (χ1v) is 5.16. The topological polar surface area (TPSA) is 100 Å². The maximum absolute atomic E-state index is 11.6. The van der Waals surface area contributed by atoms with E-state index in [1.54, 1.807) is 17.9 Å². The van der Waals surface area contributed by atoms with Crippen LogP contribution in [0.1, 0.15) is 5.82 Å². The molecule has 1 aromatic heterocycles. The molecule has 1 fully saturated rings. The molecule has 92 valence electrons. The minimum Gasteiger partial charge on any atom is -0.481 e. The van der Waals surface area contributed by atoms with Gasteiger partial charge in [-0.25, -0.2) is 4.79 Å². The Kier molecular flexibility index (Phi) is 2.94. The van der Waals surface area contributed by atoms with Crippen LogP contribution in [0.3, 0.4) is 0 Å². The number of aryl methyl sites for hydroxylation is 1. The second-order valence-corrected chi connectivity index (χ2v) is 3.96. The summed E-state index contributed by atoms with van der Waals surface area (Å²) in [5.74, 6) is -0.647. The first kappa shape index (κ1) is 11.4. The van der Waals surface area contributed by atoms with E-state index in [1.807, 2.05) is 0 Å². The van der Waals surface area contributed by atoms with Crippen LogP contribution < -0.4 is 5.32 Å². The fourth-order valence-electron chi connectivity index (χ4n) is 1.53. The fourth-order valence-corrected chi connectivity index (χ4v) is 1.53. The van der Waals surface area contributed by atoms with Crippen molar-refractivity contribution in [2.24, 2.45) is 13.0 Å². The summed E-state index contributed by atoms with van der Waals surface area (Å²) in [5, 5.41) is 18.8. The summed E-state index contributed by atoms with van der Waals surface area (Å²) in [6.07, 6.45) is 1.55. The van der Waals surface area contributed by atoms with Crippen LogP contribution in [0.15, 0.2) is 6.33 Å². The summed E-state index contributed by atoms with van der Waals surface area (Å²) >= 11 is 0. The molecule has 2 heterocycles. The molecule has 0 aromatic carbocycles. The largest absolute Gasteiger partial charge is 0.481 e. The van der Waals surface area contributed by atoms with Gasteiger partial charge >= 0.3 is 12.0 Å². The molecule has 0 atom stereocenters. The lowest BCUT2D eigenvalue weighted by atomic mass is 10.0. The number of carbonyl (C=O) groups is 2. The molecule has 0 saturated carbocycles. The van der Waals surface area contributed by atoms with Gasteiger partial charge in [-0.15, -0.1) is 10.2 Å². The molecule has 1 aromatic rings. The predicted octanol–water partition coefficient (Wildman–Crippen LogP) is -0.959. The van der Waals surface area contributed by atoms with Crippen molar-refractivity contribution in [3.63, 3.8) is 0 Å². The van der Waals surface area contributed by atoms with Crippen molar-refractivity contribution >= 4 is 12.0 Å². The van der Waals surface area contributed by atoms with Gasteiger partial charge in [0.05, 0.1) is 12.5 Å². The number of rotatable bonds is 3. The summed E-state index contributed by atoms with van der Waals surface area (Å²) in [4.78, 5) is 23.6.